The van der Waals surface area contributed by atoms with Crippen LogP contribution in [0, 0.1) is 0 Å². The zero-order chi connectivity index (χ0) is 15.1. The van der Waals surface area contributed by atoms with Gasteiger partial charge in [-0.15, -0.1) is 11.8 Å². The van der Waals surface area contributed by atoms with Crippen LogP contribution in [0.2, 0.25) is 0 Å². The molecular formula is C19H25NS. The highest BCUT2D eigenvalue weighted by atomic mass is 32.2. The Hall–Kier alpha value is -1.25. The Morgan fingerprint density at radius 1 is 1.00 bits per heavy atom. The molecule has 2 aromatic carbocycles. The second kappa shape index (κ2) is 8.26. The van der Waals surface area contributed by atoms with Crippen LogP contribution in [0.25, 0.3) is 0 Å². The molecule has 0 bridgehead atoms. The first-order chi connectivity index (χ1) is 10.3. The first kappa shape index (κ1) is 16.1. The third-order valence-corrected chi connectivity index (χ3v) is 4.58. The number of nitrogens with one attached hydrogen (secondary N) is 1. The van der Waals surface area contributed by atoms with Crippen LogP contribution < -0.4 is 5.32 Å². The smallest absolute Gasteiger partial charge is 0.0587 e. The normalized spacial score (nSPS) is 12.3. The lowest BCUT2D eigenvalue weighted by atomic mass is 9.97. The summed E-state index contributed by atoms with van der Waals surface area (Å²) in [5, 5.41) is 3.70. The first-order valence-electron chi connectivity index (χ1n) is 7.75. The van der Waals surface area contributed by atoms with Crippen LogP contribution in [0.1, 0.15) is 43.0 Å². The lowest BCUT2D eigenvalue weighted by Crippen LogP contribution is -2.23. The molecule has 21 heavy (non-hydrogen) atoms. The van der Waals surface area contributed by atoms with E-state index in [-0.39, 0.29) is 6.04 Å². The molecule has 0 saturated heterocycles. The summed E-state index contributed by atoms with van der Waals surface area (Å²) in [6.45, 7) is 5.44. The van der Waals surface area contributed by atoms with Crippen molar-refractivity contribution in [3.63, 3.8) is 0 Å². The molecule has 0 aliphatic heterocycles. The van der Waals surface area contributed by atoms with E-state index in [1.54, 1.807) is 0 Å². The van der Waals surface area contributed by atoms with Crippen molar-refractivity contribution in [3.05, 3.63) is 65.2 Å². The SMILES string of the molecule is CCCNC(c1ccc(CC)cc1)c1ccccc1SC. The highest BCUT2D eigenvalue weighted by Gasteiger charge is 2.16. The molecule has 2 rings (SSSR count). The van der Waals surface area contributed by atoms with Crippen molar-refractivity contribution in [1.29, 1.82) is 0 Å². The minimum Gasteiger partial charge on any atom is -0.306 e. The lowest BCUT2D eigenvalue weighted by molar-refractivity contribution is 0.591. The van der Waals surface area contributed by atoms with Crippen LogP contribution in [-0.2, 0) is 6.42 Å². The van der Waals surface area contributed by atoms with Crippen LogP contribution in [0.3, 0.4) is 0 Å². The molecular weight excluding hydrogens is 274 g/mol. The zero-order valence-electron chi connectivity index (χ0n) is 13.2. The minimum absolute atomic E-state index is 0.277. The van der Waals surface area contributed by atoms with Crippen molar-refractivity contribution in [1.82, 2.24) is 5.32 Å². The fourth-order valence-corrected chi connectivity index (χ4v) is 3.18. The molecule has 0 radical (unpaired) electrons. The van der Waals surface area contributed by atoms with Crippen LogP contribution >= 0.6 is 11.8 Å². The number of aryl methyl sites for hydroxylation is 1. The average Bonchev–Trinajstić information content (AvgIpc) is 2.56. The highest BCUT2D eigenvalue weighted by Crippen LogP contribution is 2.30. The van der Waals surface area contributed by atoms with Crippen molar-refractivity contribution in [2.45, 2.75) is 37.6 Å². The summed E-state index contributed by atoms with van der Waals surface area (Å²) in [6.07, 6.45) is 4.38. The quantitative estimate of drug-likeness (QED) is 0.717. The van der Waals surface area contributed by atoms with Crippen molar-refractivity contribution < 1.29 is 0 Å². The zero-order valence-corrected chi connectivity index (χ0v) is 14.0. The van der Waals surface area contributed by atoms with Crippen LogP contribution in [0.15, 0.2) is 53.4 Å². The summed E-state index contributed by atoms with van der Waals surface area (Å²) < 4.78 is 0. The fourth-order valence-electron chi connectivity index (χ4n) is 2.55. The molecule has 1 nitrogen and oxygen atoms in total. The van der Waals surface area contributed by atoms with E-state index in [9.17, 15) is 0 Å². The number of rotatable bonds is 7. The van der Waals surface area contributed by atoms with Gasteiger partial charge in [-0.3, -0.25) is 0 Å². The number of benzene rings is 2. The molecule has 0 heterocycles. The molecule has 1 N–H and O–H groups in total. The topological polar surface area (TPSA) is 12.0 Å². The monoisotopic (exact) mass is 299 g/mol. The fraction of sp³-hybridized carbons (Fsp3) is 0.368. The molecule has 2 aromatic rings. The first-order valence-corrected chi connectivity index (χ1v) is 8.97. The predicted molar refractivity (Wildman–Crippen MR) is 94.2 cm³/mol. The van der Waals surface area contributed by atoms with Gasteiger partial charge in [0.25, 0.3) is 0 Å². The van der Waals surface area contributed by atoms with Gasteiger partial charge in [-0.1, -0.05) is 56.3 Å². The van der Waals surface area contributed by atoms with Gasteiger partial charge >= 0.3 is 0 Å². The Bertz CT molecular complexity index is 548. The summed E-state index contributed by atoms with van der Waals surface area (Å²) >= 11 is 1.82. The predicted octanol–water partition coefficient (Wildman–Crippen LogP) is 5.06. The summed E-state index contributed by atoms with van der Waals surface area (Å²) in [4.78, 5) is 1.35. The van der Waals surface area contributed by atoms with E-state index in [4.69, 9.17) is 0 Å². The maximum absolute atomic E-state index is 3.70. The van der Waals surface area contributed by atoms with Gasteiger partial charge in [-0.25, -0.2) is 0 Å². The van der Waals surface area contributed by atoms with E-state index in [2.05, 4.69) is 74.0 Å². The lowest BCUT2D eigenvalue weighted by Gasteiger charge is -2.22. The van der Waals surface area contributed by atoms with E-state index in [1.165, 1.54) is 21.6 Å². The Morgan fingerprint density at radius 3 is 2.33 bits per heavy atom. The third kappa shape index (κ3) is 4.12. The van der Waals surface area contributed by atoms with Gasteiger partial charge in [0.2, 0.25) is 0 Å². The molecule has 2 heteroatoms. The summed E-state index contributed by atoms with van der Waals surface area (Å²) in [5.41, 5.74) is 4.12. The maximum Gasteiger partial charge on any atom is 0.0587 e. The summed E-state index contributed by atoms with van der Waals surface area (Å²) in [6, 6.07) is 18.0. The van der Waals surface area contributed by atoms with E-state index in [0.717, 1.165) is 19.4 Å². The van der Waals surface area contributed by atoms with E-state index in [1.807, 2.05) is 11.8 Å². The molecule has 112 valence electrons. The van der Waals surface area contributed by atoms with Gasteiger partial charge in [0.1, 0.15) is 0 Å². The van der Waals surface area contributed by atoms with Crippen molar-refractivity contribution >= 4 is 11.8 Å². The van der Waals surface area contributed by atoms with Gasteiger partial charge in [0.05, 0.1) is 6.04 Å². The maximum atomic E-state index is 3.70. The summed E-state index contributed by atoms with van der Waals surface area (Å²) in [7, 11) is 0. The number of hydrogen-bond acceptors (Lipinski definition) is 2. The largest absolute Gasteiger partial charge is 0.306 e. The standard InChI is InChI=1S/C19H25NS/c1-4-14-20-19(16-12-10-15(5-2)11-13-16)17-8-6-7-9-18(17)21-3/h6-13,19-20H,4-5,14H2,1-3H3. The number of thioether (sulfide) groups is 1. The molecule has 0 fully saturated rings. The molecule has 1 atom stereocenters. The molecule has 0 aromatic heterocycles. The molecule has 0 amide bonds. The van der Waals surface area contributed by atoms with E-state index >= 15 is 0 Å². The van der Waals surface area contributed by atoms with Gasteiger partial charge < -0.3 is 5.32 Å². The van der Waals surface area contributed by atoms with Gasteiger partial charge in [-0.2, -0.15) is 0 Å². The Balaban J connectivity index is 2.36. The summed E-state index contributed by atoms with van der Waals surface area (Å²) in [5.74, 6) is 0. The molecule has 0 aliphatic rings. The molecule has 0 aliphatic carbocycles. The Kier molecular flexibility index (Phi) is 6.34. The van der Waals surface area contributed by atoms with E-state index < -0.39 is 0 Å². The molecule has 1 unspecified atom stereocenters. The van der Waals surface area contributed by atoms with Crippen molar-refractivity contribution in [3.8, 4) is 0 Å². The van der Waals surface area contributed by atoms with Crippen LogP contribution in [0.4, 0.5) is 0 Å². The third-order valence-electron chi connectivity index (χ3n) is 3.77. The average molecular weight is 299 g/mol. The van der Waals surface area contributed by atoms with Gasteiger partial charge in [0.15, 0.2) is 0 Å². The van der Waals surface area contributed by atoms with E-state index in [0.29, 0.717) is 0 Å². The minimum atomic E-state index is 0.277. The highest BCUT2D eigenvalue weighted by molar-refractivity contribution is 7.98. The molecule has 0 spiro atoms. The van der Waals surface area contributed by atoms with Gasteiger partial charge in [-0.05, 0) is 48.4 Å². The number of hydrogen-bond donors (Lipinski definition) is 1. The van der Waals surface area contributed by atoms with Crippen molar-refractivity contribution in [2.24, 2.45) is 0 Å². The Labute approximate surface area is 133 Å². The van der Waals surface area contributed by atoms with Crippen LogP contribution in [-0.4, -0.2) is 12.8 Å². The van der Waals surface area contributed by atoms with Crippen molar-refractivity contribution in [2.75, 3.05) is 12.8 Å². The second-order valence-electron chi connectivity index (χ2n) is 5.22. The second-order valence-corrected chi connectivity index (χ2v) is 6.07. The Morgan fingerprint density at radius 2 is 1.71 bits per heavy atom. The molecule has 0 saturated carbocycles. The van der Waals surface area contributed by atoms with Gasteiger partial charge in [0, 0.05) is 4.90 Å². The van der Waals surface area contributed by atoms with Crippen LogP contribution in [0.5, 0.6) is 0 Å².